The van der Waals surface area contributed by atoms with E-state index in [1.54, 1.807) is 0 Å². The lowest BCUT2D eigenvalue weighted by molar-refractivity contribution is 0.177. The van der Waals surface area contributed by atoms with Crippen molar-refractivity contribution in [3.05, 3.63) is 0 Å². The third kappa shape index (κ3) is 3.30. The van der Waals surface area contributed by atoms with Crippen molar-refractivity contribution in [2.75, 3.05) is 6.61 Å². The lowest BCUT2D eigenvalue weighted by Crippen LogP contribution is -2.13. The minimum atomic E-state index is 0.446. The molecule has 0 radical (unpaired) electrons. The molecule has 78 valence electrons. The number of hydrogen-bond acceptors (Lipinski definition) is 1. The summed E-state index contributed by atoms with van der Waals surface area (Å²) >= 11 is 0. The summed E-state index contributed by atoms with van der Waals surface area (Å²) < 4.78 is 0. The van der Waals surface area contributed by atoms with Gasteiger partial charge in [-0.15, -0.1) is 0 Å². The summed E-state index contributed by atoms with van der Waals surface area (Å²) in [7, 11) is 0. The maximum atomic E-state index is 8.89. The zero-order valence-electron chi connectivity index (χ0n) is 9.29. The van der Waals surface area contributed by atoms with E-state index in [0.29, 0.717) is 12.5 Å². The Kier molecular flexibility index (Phi) is 4.24. The van der Waals surface area contributed by atoms with Crippen LogP contribution in [0.2, 0.25) is 0 Å². The van der Waals surface area contributed by atoms with E-state index in [4.69, 9.17) is 5.11 Å². The van der Waals surface area contributed by atoms with Gasteiger partial charge in [0.25, 0.3) is 0 Å². The fourth-order valence-corrected chi connectivity index (χ4v) is 2.60. The Morgan fingerprint density at radius 2 is 1.77 bits per heavy atom. The van der Waals surface area contributed by atoms with Crippen molar-refractivity contribution in [3.63, 3.8) is 0 Å². The molecule has 2 bridgehead atoms. The Hall–Kier alpha value is -0.0400. The molecule has 0 spiro atoms. The van der Waals surface area contributed by atoms with E-state index in [-0.39, 0.29) is 0 Å². The van der Waals surface area contributed by atoms with Gasteiger partial charge < -0.3 is 5.11 Å². The highest BCUT2D eigenvalue weighted by atomic mass is 16.3. The van der Waals surface area contributed by atoms with Gasteiger partial charge in [-0.2, -0.15) is 0 Å². The van der Waals surface area contributed by atoms with Gasteiger partial charge >= 0.3 is 0 Å². The van der Waals surface area contributed by atoms with E-state index in [2.05, 4.69) is 20.8 Å². The number of fused-ring (bicyclic) bond motifs is 2. The second kappa shape index (κ2) is 4.99. The van der Waals surface area contributed by atoms with E-state index in [1.165, 1.54) is 25.7 Å². The Balaban J connectivity index is 0.000000184. The zero-order chi connectivity index (χ0) is 9.84. The number of aliphatic hydroxyl groups excluding tert-OH is 1. The molecule has 0 saturated heterocycles. The van der Waals surface area contributed by atoms with E-state index in [1.807, 2.05) is 0 Å². The van der Waals surface area contributed by atoms with Crippen molar-refractivity contribution in [2.45, 2.75) is 46.5 Å². The van der Waals surface area contributed by atoms with Crippen molar-refractivity contribution in [1.82, 2.24) is 0 Å². The highest BCUT2D eigenvalue weighted by Crippen LogP contribution is 2.47. The molecule has 2 aliphatic rings. The summed E-state index contributed by atoms with van der Waals surface area (Å²) in [4.78, 5) is 0. The third-order valence-corrected chi connectivity index (χ3v) is 3.12. The maximum absolute atomic E-state index is 8.89. The molecule has 1 N–H and O–H groups in total. The SMILES string of the molecule is CC(C)C.OCC1CC2CCC1C2. The second-order valence-corrected chi connectivity index (χ2v) is 5.35. The van der Waals surface area contributed by atoms with Gasteiger partial charge in [-0.05, 0) is 42.9 Å². The van der Waals surface area contributed by atoms with Crippen molar-refractivity contribution < 1.29 is 5.11 Å². The van der Waals surface area contributed by atoms with Gasteiger partial charge in [0.1, 0.15) is 0 Å². The Bertz CT molecular complexity index is 139. The molecule has 13 heavy (non-hydrogen) atoms. The molecular weight excluding hydrogens is 160 g/mol. The van der Waals surface area contributed by atoms with Gasteiger partial charge in [0, 0.05) is 6.61 Å². The van der Waals surface area contributed by atoms with E-state index in [0.717, 1.165) is 17.8 Å². The summed E-state index contributed by atoms with van der Waals surface area (Å²) in [6.07, 6.45) is 5.59. The standard InChI is InChI=1S/C8H14O.C4H10/c9-5-8-4-6-1-2-7(8)3-6;1-4(2)3/h6-9H,1-5H2;4H,1-3H3. The summed E-state index contributed by atoms with van der Waals surface area (Å²) in [5.41, 5.74) is 0. The minimum absolute atomic E-state index is 0.446. The van der Waals surface area contributed by atoms with E-state index >= 15 is 0 Å². The number of aliphatic hydroxyl groups is 1. The van der Waals surface area contributed by atoms with Gasteiger partial charge in [0.2, 0.25) is 0 Å². The predicted molar refractivity (Wildman–Crippen MR) is 56.5 cm³/mol. The van der Waals surface area contributed by atoms with Crippen LogP contribution in [0.3, 0.4) is 0 Å². The monoisotopic (exact) mass is 184 g/mol. The van der Waals surface area contributed by atoms with Crippen LogP contribution in [0.5, 0.6) is 0 Å². The van der Waals surface area contributed by atoms with Crippen LogP contribution in [0.4, 0.5) is 0 Å². The highest BCUT2D eigenvalue weighted by molar-refractivity contribution is 4.89. The van der Waals surface area contributed by atoms with Crippen LogP contribution in [-0.4, -0.2) is 11.7 Å². The zero-order valence-corrected chi connectivity index (χ0v) is 9.29. The van der Waals surface area contributed by atoms with Crippen LogP contribution in [0.1, 0.15) is 46.5 Å². The van der Waals surface area contributed by atoms with Crippen molar-refractivity contribution >= 4 is 0 Å². The third-order valence-electron chi connectivity index (χ3n) is 3.12. The van der Waals surface area contributed by atoms with Gasteiger partial charge in [0.05, 0.1) is 0 Å². The van der Waals surface area contributed by atoms with E-state index < -0.39 is 0 Å². The van der Waals surface area contributed by atoms with Gasteiger partial charge in [-0.1, -0.05) is 27.2 Å². The lowest BCUT2D eigenvalue weighted by Gasteiger charge is -2.18. The lowest BCUT2D eigenvalue weighted by atomic mass is 9.90. The summed E-state index contributed by atoms with van der Waals surface area (Å²) in [5, 5.41) is 8.89. The molecule has 2 saturated carbocycles. The first-order valence-electron chi connectivity index (χ1n) is 5.74. The highest BCUT2D eigenvalue weighted by Gasteiger charge is 2.38. The summed E-state index contributed by atoms with van der Waals surface area (Å²) in [6, 6.07) is 0. The number of hydrogen-bond donors (Lipinski definition) is 1. The molecular formula is C12H24O. The van der Waals surface area contributed by atoms with Crippen LogP contribution >= 0.6 is 0 Å². The summed E-state index contributed by atoms with van der Waals surface area (Å²) in [6.45, 7) is 6.95. The molecule has 0 heterocycles. The van der Waals surface area contributed by atoms with Crippen LogP contribution in [0.15, 0.2) is 0 Å². The fourth-order valence-electron chi connectivity index (χ4n) is 2.60. The van der Waals surface area contributed by atoms with E-state index in [9.17, 15) is 0 Å². The van der Waals surface area contributed by atoms with Gasteiger partial charge in [-0.25, -0.2) is 0 Å². The predicted octanol–water partition coefficient (Wildman–Crippen LogP) is 3.08. The fraction of sp³-hybridized carbons (Fsp3) is 1.00. The van der Waals surface area contributed by atoms with Crippen LogP contribution in [-0.2, 0) is 0 Å². The maximum Gasteiger partial charge on any atom is 0.0462 e. The van der Waals surface area contributed by atoms with Crippen LogP contribution in [0.25, 0.3) is 0 Å². The molecule has 1 nitrogen and oxygen atoms in total. The first kappa shape index (κ1) is 11.0. The summed E-state index contributed by atoms with van der Waals surface area (Å²) in [5.74, 6) is 3.41. The molecule has 0 aromatic carbocycles. The minimum Gasteiger partial charge on any atom is -0.396 e. The Morgan fingerprint density at radius 3 is 2.00 bits per heavy atom. The number of rotatable bonds is 1. The Morgan fingerprint density at radius 1 is 1.15 bits per heavy atom. The first-order valence-corrected chi connectivity index (χ1v) is 5.74. The molecule has 0 amide bonds. The van der Waals surface area contributed by atoms with Crippen molar-refractivity contribution in [1.29, 1.82) is 0 Å². The van der Waals surface area contributed by atoms with Crippen molar-refractivity contribution in [2.24, 2.45) is 23.7 Å². The Labute approximate surface area is 82.5 Å². The molecule has 2 rings (SSSR count). The van der Waals surface area contributed by atoms with Crippen molar-refractivity contribution in [3.8, 4) is 0 Å². The molecule has 0 aliphatic heterocycles. The smallest absolute Gasteiger partial charge is 0.0462 e. The first-order chi connectivity index (χ1) is 6.13. The molecule has 2 aliphatic carbocycles. The normalized spacial score (nSPS) is 36.2. The largest absolute Gasteiger partial charge is 0.396 e. The molecule has 3 unspecified atom stereocenters. The molecule has 1 heteroatoms. The van der Waals surface area contributed by atoms with Crippen LogP contribution < -0.4 is 0 Å². The second-order valence-electron chi connectivity index (χ2n) is 5.35. The average Bonchev–Trinajstić information content (AvgIpc) is 2.62. The molecule has 0 aromatic heterocycles. The van der Waals surface area contributed by atoms with Gasteiger partial charge in [0.15, 0.2) is 0 Å². The van der Waals surface area contributed by atoms with Crippen LogP contribution in [0, 0.1) is 23.7 Å². The average molecular weight is 184 g/mol. The quantitative estimate of drug-likeness (QED) is 0.664. The molecule has 2 fully saturated rings. The molecule has 3 atom stereocenters. The van der Waals surface area contributed by atoms with Gasteiger partial charge in [-0.3, -0.25) is 0 Å². The molecule has 0 aromatic rings. The topological polar surface area (TPSA) is 20.2 Å².